The summed E-state index contributed by atoms with van der Waals surface area (Å²) in [6.45, 7) is 3.62. The standard InChI is InChI=1S/C17H25N7O/c18-6-10-24-13-15(21-22-24)17(25)20-12-16(14-5-4-7-19-11-14)23-8-2-1-3-9-23/h4-5,7,11,13,16H,1-3,6,8-10,12,18H2,(H,20,25)/t16-/m0/s1. The third-order valence-corrected chi connectivity index (χ3v) is 4.49. The van der Waals surface area contributed by atoms with Crippen molar-refractivity contribution in [2.24, 2.45) is 5.73 Å². The van der Waals surface area contributed by atoms with Gasteiger partial charge in [0, 0.05) is 25.5 Å². The highest BCUT2D eigenvalue weighted by Gasteiger charge is 2.23. The first-order valence-electron chi connectivity index (χ1n) is 8.80. The Morgan fingerprint density at radius 1 is 1.32 bits per heavy atom. The molecule has 1 aliphatic heterocycles. The first-order valence-corrected chi connectivity index (χ1v) is 8.80. The highest BCUT2D eigenvalue weighted by atomic mass is 16.2. The van der Waals surface area contributed by atoms with Gasteiger partial charge in [-0.25, -0.2) is 0 Å². The maximum absolute atomic E-state index is 12.4. The number of piperidine rings is 1. The molecule has 1 amide bonds. The van der Waals surface area contributed by atoms with Gasteiger partial charge in [0.15, 0.2) is 5.69 Å². The van der Waals surface area contributed by atoms with Crippen molar-refractivity contribution in [3.63, 3.8) is 0 Å². The monoisotopic (exact) mass is 343 g/mol. The quantitative estimate of drug-likeness (QED) is 0.763. The molecule has 0 aromatic carbocycles. The number of hydrogen-bond donors (Lipinski definition) is 2. The van der Waals surface area contributed by atoms with Gasteiger partial charge >= 0.3 is 0 Å². The average Bonchev–Trinajstić information content (AvgIpc) is 3.13. The normalized spacial score (nSPS) is 16.5. The molecule has 0 bridgehead atoms. The van der Waals surface area contributed by atoms with E-state index in [1.807, 2.05) is 12.3 Å². The van der Waals surface area contributed by atoms with Crippen LogP contribution >= 0.6 is 0 Å². The number of nitrogens with one attached hydrogen (secondary N) is 1. The maximum Gasteiger partial charge on any atom is 0.273 e. The first-order chi connectivity index (χ1) is 12.3. The lowest BCUT2D eigenvalue weighted by molar-refractivity contribution is 0.0919. The molecule has 0 radical (unpaired) electrons. The molecule has 2 aromatic heterocycles. The molecule has 3 rings (SSSR count). The van der Waals surface area contributed by atoms with Gasteiger partial charge < -0.3 is 11.1 Å². The molecular weight excluding hydrogens is 318 g/mol. The molecule has 1 fully saturated rings. The predicted molar refractivity (Wildman–Crippen MR) is 93.8 cm³/mol. The van der Waals surface area contributed by atoms with Crippen LogP contribution in [0.2, 0.25) is 0 Å². The third kappa shape index (κ3) is 4.61. The van der Waals surface area contributed by atoms with Crippen LogP contribution in [0.1, 0.15) is 41.4 Å². The average molecular weight is 343 g/mol. The second-order valence-electron chi connectivity index (χ2n) is 6.26. The molecular formula is C17H25N7O. The Morgan fingerprint density at radius 2 is 2.16 bits per heavy atom. The number of pyridine rings is 1. The van der Waals surface area contributed by atoms with Crippen molar-refractivity contribution in [1.29, 1.82) is 0 Å². The van der Waals surface area contributed by atoms with Crippen molar-refractivity contribution in [3.05, 3.63) is 42.0 Å². The van der Waals surface area contributed by atoms with E-state index >= 15 is 0 Å². The van der Waals surface area contributed by atoms with Crippen LogP contribution in [-0.2, 0) is 6.54 Å². The minimum atomic E-state index is -0.214. The number of carbonyl (C=O) groups is 1. The summed E-state index contributed by atoms with van der Waals surface area (Å²) < 4.78 is 1.58. The molecule has 25 heavy (non-hydrogen) atoms. The van der Waals surface area contributed by atoms with E-state index in [1.54, 1.807) is 17.1 Å². The summed E-state index contributed by atoms with van der Waals surface area (Å²) in [6.07, 6.45) is 8.93. The molecule has 134 valence electrons. The fourth-order valence-corrected chi connectivity index (χ4v) is 3.18. The largest absolute Gasteiger partial charge is 0.349 e. The molecule has 8 nitrogen and oxygen atoms in total. The van der Waals surface area contributed by atoms with Gasteiger partial charge in [-0.15, -0.1) is 5.10 Å². The molecule has 8 heteroatoms. The Morgan fingerprint density at radius 3 is 2.88 bits per heavy atom. The Kier molecular flexibility index (Phi) is 6.08. The van der Waals surface area contributed by atoms with Gasteiger partial charge in [0.2, 0.25) is 0 Å². The summed E-state index contributed by atoms with van der Waals surface area (Å²) in [4.78, 5) is 19.0. The van der Waals surface area contributed by atoms with Gasteiger partial charge in [-0.3, -0.25) is 19.4 Å². The Bertz CT molecular complexity index is 667. The molecule has 0 spiro atoms. The highest BCUT2D eigenvalue weighted by Crippen LogP contribution is 2.23. The summed E-state index contributed by atoms with van der Waals surface area (Å²) in [5.41, 5.74) is 6.93. The number of aromatic nitrogens is 4. The van der Waals surface area contributed by atoms with Gasteiger partial charge in [-0.1, -0.05) is 17.7 Å². The lowest BCUT2D eigenvalue weighted by Gasteiger charge is -2.34. The van der Waals surface area contributed by atoms with E-state index in [0.29, 0.717) is 25.3 Å². The maximum atomic E-state index is 12.4. The van der Waals surface area contributed by atoms with E-state index in [1.165, 1.54) is 19.3 Å². The Hall–Kier alpha value is -2.32. The number of amides is 1. The number of rotatable bonds is 7. The van der Waals surface area contributed by atoms with Gasteiger partial charge in [0.1, 0.15) is 0 Å². The van der Waals surface area contributed by atoms with Crippen LogP contribution in [0, 0.1) is 0 Å². The number of carbonyl (C=O) groups excluding carboxylic acids is 1. The summed E-state index contributed by atoms with van der Waals surface area (Å²) in [7, 11) is 0. The van der Waals surface area contributed by atoms with E-state index in [4.69, 9.17) is 5.73 Å². The van der Waals surface area contributed by atoms with E-state index in [9.17, 15) is 4.79 Å². The molecule has 3 heterocycles. The fraction of sp³-hybridized carbons (Fsp3) is 0.529. The second kappa shape index (κ2) is 8.68. The van der Waals surface area contributed by atoms with Crippen molar-refractivity contribution in [1.82, 2.24) is 30.2 Å². The third-order valence-electron chi connectivity index (χ3n) is 4.49. The fourth-order valence-electron chi connectivity index (χ4n) is 3.18. The van der Waals surface area contributed by atoms with E-state index < -0.39 is 0 Å². The van der Waals surface area contributed by atoms with Gasteiger partial charge in [-0.05, 0) is 37.6 Å². The van der Waals surface area contributed by atoms with Crippen LogP contribution in [0.25, 0.3) is 0 Å². The minimum Gasteiger partial charge on any atom is -0.349 e. The first kappa shape index (κ1) is 17.5. The molecule has 1 saturated heterocycles. The second-order valence-corrected chi connectivity index (χ2v) is 6.26. The predicted octanol–water partition coefficient (Wildman–Crippen LogP) is 0.589. The molecule has 1 aliphatic rings. The summed E-state index contributed by atoms with van der Waals surface area (Å²) >= 11 is 0. The van der Waals surface area contributed by atoms with Crippen molar-refractivity contribution in [2.75, 3.05) is 26.2 Å². The molecule has 2 aromatic rings. The number of hydrogen-bond acceptors (Lipinski definition) is 6. The van der Waals surface area contributed by atoms with Crippen LogP contribution < -0.4 is 11.1 Å². The SMILES string of the molecule is NCCn1cc(C(=O)NC[C@@H](c2cccnc2)N2CCCCC2)nn1. The van der Waals surface area contributed by atoms with E-state index in [0.717, 1.165) is 18.7 Å². The lowest BCUT2D eigenvalue weighted by atomic mass is 10.0. The van der Waals surface area contributed by atoms with Gasteiger partial charge in [-0.2, -0.15) is 0 Å². The lowest BCUT2D eigenvalue weighted by Crippen LogP contribution is -2.40. The number of likely N-dealkylation sites (tertiary alicyclic amines) is 1. The zero-order valence-electron chi connectivity index (χ0n) is 14.3. The van der Waals surface area contributed by atoms with Crippen molar-refractivity contribution in [2.45, 2.75) is 31.8 Å². The highest BCUT2D eigenvalue weighted by molar-refractivity contribution is 5.91. The zero-order valence-corrected chi connectivity index (χ0v) is 14.3. The summed E-state index contributed by atoms with van der Waals surface area (Å²) in [5, 5.41) is 10.8. The smallest absolute Gasteiger partial charge is 0.273 e. The molecule has 0 saturated carbocycles. The van der Waals surface area contributed by atoms with Crippen LogP contribution in [0.3, 0.4) is 0 Å². The van der Waals surface area contributed by atoms with Crippen LogP contribution in [0.5, 0.6) is 0 Å². The van der Waals surface area contributed by atoms with E-state index in [2.05, 4.69) is 31.6 Å². The topological polar surface area (TPSA) is 102 Å². The molecule has 3 N–H and O–H groups in total. The summed E-state index contributed by atoms with van der Waals surface area (Å²) in [6, 6.07) is 4.12. The molecule has 0 aliphatic carbocycles. The van der Waals surface area contributed by atoms with Crippen molar-refractivity contribution < 1.29 is 4.79 Å². The molecule has 0 unspecified atom stereocenters. The van der Waals surface area contributed by atoms with Crippen molar-refractivity contribution in [3.8, 4) is 0 Å². The van der Waals surface area contributed by atoms with Crippen molar-refractivity contribution >= 4 is 5.91 Å². The van der Waals surface area contributed by atoms with Gasteiger partial charge in [0.05, 0.1) is 18.8 Å². The molecule has 1 atom stereocenters. The number of nitrogens with two attached hydrogens (primary N) is 1. The Labute approximate surface area is 147 Å². The van der Waals surface area contributed by atoms with E-state index in [-0.39, 0.29) is 11.9 Å². The van der Waals surface area contributed by atoms with Gasteiger partial charge in [0.25, 0.3) is 5.91 Å². The van der Waals surface area contributed by atoms with Crippen LogP contribution in [0.15, 0.2) is 30.7 Å². The van der Waals surface area contributed by atoms with Crippen LogP contribution in [-0.4, -0.2) is 57.0 Å². The minimum absolute atomic E-state index is 0.122. The van der Waals surface area contributed by atoms with Crippen LogP contribution in [0.4, 0.5) is 0 Å². The Balaban J connectivity index is 1.66. The zero-order chi connectivity index (χ0) is 17.5. The number of nitrogens with zero attached hydrogens (tertiary/aromatic N) is 5. The summed E-state index contributed by atoms with van der Waals surface area (Å²) in [5.74, 6) is -0.214.